The summed E-state index contributed by atoms with van der Waals surface area (Å²) in [5, 5.41) is 2.96. The maximum atomic E-state index is 13.1. The molecule has 35 heavy (non-hydrogen) atoms. The quantitative estimate of drug-likeness (QED) is 0.468. The lowest BCUT2D eigenvalue weighted by Crippen LogP contribution is -2.42. The summed E-state index contributed by atoms with van der Waals surface area (Å²) in [6.45, 7) is 9.32. The van der Waals surface area contributed by atoms with Crippen LogP contribution in [0.25, 0.3) is 16.9 Å². The van der Waals surface area contributed by atoms with Crippen molar-refractivity contribution in [3.63, 3.8) is 0 Å². The van der Waals surface area contributed by atoms with Gasteiger partial charge in [-0.3, -0.25) is 19.5 Å². The summed E-state index contributed by atoms with van der Waals surface area (Å²) in [7, 11) is 3.91. The molecule has 0 bridgehead atoms. The minimum absolute atomic E-state index is 0.0140. The van der Waals surface area contributed by atoms with E-state index >= 15 is 0 Å². The summed E-state index contributed by atoms with van der Waals surface area (Å²) >= 11 is 0. The van der Waals surface area contributed by atoms with Crippen molar-refractivity contribution in [2.45, 2.75) is 34.1 Å². The van der Waals surface area contributed by atoms with Crippen LogP contribution in [0.2, 0.25) is 0 Å². The van der Waals surface area contributed by atoms with Crippen LogP contribution in [0.4, 0.5) is 5.95 Å². The summed E-state index contributed by atoms with van der Waals surface area (Å²) in [4.78, 5) is 34.3. The van der Waals surface area contributed by atoms with E-state index < -0.39 is 0 Å². The van der Waals surface area contributed by atoms with Gasteiger partial charge in [0.2, 0.25) is 17.8 Å². The van der Waals surface area contributed by atoms with Crippen molar-refractivity contribution < 1.29 is 9.59 Å². The van der Waals surface area contributed by atoms with Gasteiger partial charge in [-0.05, 0) is 57.1 Å². The molecule has 0 atom stereocenters. The zero-order valence-corrected chi connectivity index (χ0v) is 21.7. The Morgan fingerprint density at radius 2 is 1.71 bits per heavy atom. The Morgan fingerprint density at radius 1 is 1.00 bits per heavy atom. The summed E-state index contributed by atoms with van der Waals surface area (Å²) in [5.74, 6) is 0.376. The van der Waals surface area contributed by atoms with Gasteiger partial charge in [0.05, 0.1) is 12.2 Å². The molecule has 1 heterocycles. The van der Waals surface area contributed by atoms with Gasteiger partial charge in [-0.2, -0.15) is 0 Å². The second kappa shape index (κ2) is 11.8. The molecule has 3 rings (SSSR count). The molecule has 0 aliphatic rings. The highest BCUT2D eigenvalue weighted by molar-refractivity contribution is 5.94. The van der Waals surface area contributed by atoms with E-state index in [1.807, 2.05) is 80.0 Å². The fourth-order valence-electron chi connectivity index (χ4n) is 3.72. The van der Waals surface area contributed by atoms with Gasteiger partial charge in [0.1, 0.15) is 0 Å². The lowest BCUT2D eigenvalue weighted by molar-refractivity contribution is -0.135. The highest BCUT2D eigenvalue weighted by Crippen LogP contribution is 2.25. The number of anilines is 1. The molecule has 0 aliphatic carbocycles. The predicted molar refractivity (Wildman–Crippen MR) is 142 cm³/mol. The minimum Gasteiger partial charge on any atom is -0.332 e. The number of carbonyl (C=O) groups is 2. The number of amides is 2. The van der Waals surface area contributed by atoms with Crippen molar-refractivity contribution >= 4 is 17.8 Å². The molecule has 7 heteroatoms. The van der Waals surface area contributed by atoms with E-state index in [0.717, 1.165) is 22.5 Å². The normalized spacial score (nSPS) is 11.2. The van der Waals surface area contributed by atoms with Crippen molar-refractivity contribution in [1.29, 1.82) is 0 Å². The molecule has 2 amide bonds. The molecule has 0 saturated carbocycles. The predicted octanol–water partition coefficient (Wildman–Crippen LogP) is 4.53. The van der Waals surface area contributed by atoms with Gasteiger partial charge in [-0.1, -0.05) is 50.2 Å². The third-order valence-corrected chi connectivity index (χ3v) is 5.88. The second-order valence-corrected chi connectivity index (χ2v) is 9.72. The summed E-state index contributed by atoms with van der Waals surface area (Å²) in [6, 6.07) is 16.0. The first-order valence-corrected chi connectivity index (χ1v) is 12.1. The van der Waals surface area contributed by atoms with Crippen LogP contribution in [0.15, 0.2) is 54.7 Å². The van der Waals surface area contributed by atoms with Crippen LogP contribution in [-0.2, 0) is 9.59 Å². The Kier molecular flexibility index (Phi) is 8.82. The van der Waals surface area contributed by atoms with Crippen LogP contribution in [0.1, 0.15) is 31.4 Å². The van der Waals surface area contributed by atoms with Crippen molar-refractivity contribution in [2.24, 2.45) is 5.92 Å². The maximum absolute atomic E-state index is 13.1. The van der Waals surface area contributed by atoms with E-state index in [1.165, 1.54) is 5.56 Å². The molecule has 0 radical (unpaired) electrons. The van der Waals surface area contributed by atoms with E-state index in [9.17, 15) is 9.59 Å². The second-order valence-electron chi connectivity index (χ2n) is 9.72. The molecule has 7 nitrogen and oxygen atoms in total. The first kappa shape index (κ1) is 26.2. The van der Waals surface area contributed by atoms with Gasteiger partial charge in [0.15, 0.2) is 0 Å². The molecule has 0 fully saturated rings. The van der Waals surface area contributed by atoms with E-state index in [-0.39, 0.29) is 24.3 Å². The summed E-state index contributed by atoms with van der Waals surface area (Å²) in [6.07, 6.45) is 2.35. The molecule has 1 N–H and O–H groups in total. The standard InChI is InChI=1S/C28H37N5O2/c1-20(2)16-27(35)32(15-14-31(5)6)19-26(34)30-28-29-25(23-10-8-7-9-11-23)18-33(28)24-13-12-21(3)22(4)17-24/h7-13,17-18,20H,14-16,19H2,1-6H3,(H,29,30,34). The van der Waals surface area contributed by atoms with Crippen LogP contribution in [-0.4, -0.2) is 64.9 Å². The lowest BCUT2D eigenvalue weighted by atomic mass is 10.1. The van der Waals surface area contributed by atoms with E-state index in [2.05, 4.69) is 31.3 Å². The van der Waals surface area contributed by atoms with E-state index in [4.69, 9.17) is 4.98 Å². The van der Waals surface area contributed by atoms with Crippen LogP contribution < -0.4 is 5.32 Å². The molecule has 1 aromatic heterocycles. The van der Waals surface area contributed by atoms with Gasteiger partial charge in [-0.15, -0.1) is 0 Å². The third-order valence-electron chi connectivity index (χ3n) is 5.88. The van der Waals surface area contributed by atoms with Gasteiger partial charge in [0.25, 0.3) is 0 Å². The zero-order valence-electron chi connectivity index (χ0n) is 21.7. The monoisotopic (exact) mass is 475 g/mol. The number of likely N-dealkylation sites (N-methyl/N-ethyl adjacent to an activating group) is 1. The highest BCUT2D eigenvalue weighted by Gasteiger charge is 2.20. The number of carbonyl (C=O) groups excluding carboxylic acids is 2. The minimum atomic E-state index is -0.267. The van der Waals surface area contributed by atoms with Crippen LogP contribution >= 0.6 is 0 Å². The first-order valence-electron chi connectivity index (χ1n) is 12.1. The number of nitrogens with one attached hydrogen (secondary N) is 1. The van der Waals surface area contributed by atoms with Crippen LogP contribution in [0, 0.1) is 19.8 Å². The molecule has 0 spiro atoms. The van der Waals surface area contributed by atoms with Crippen molar-refractivity contribution in [3.05, 3.63) is 65.9 Å². The molecule has 0 aliphatic heterocycles. The number of imidazole rings is 1. The molecular formula is C28H37N5O2. The number of nitrogens with zero attached hydrogens (tertiary/aromatic N) is 4. The Bertz CT molecular complexity index is 1150. The molecule has 0 saturated heterocycles. The number of aryl methyl sites for hydroxylation is 2. The smallest absolute Gasteiger partial charge is 0.246 e. The van der Waals surface area contributed by atoms with E-state index in [1.54, 1.807) is 4.90 Å². The Labute approximate surface area is 208 Å². The Morgan fingerprint density at radius 3 is 2.34 bits per heavy atom. The fraction of sp³-hybridized carbons (Fsp3) is 0.393. The molecule has 3 aromatic rings. The topological polar surface area (TPSA) is 70.5 Å². The van der Waals surface area contributed by atoms with E-state index in [0.29, 0.717) is 25.5 Å². The number of benzene rings is 2. The lowest BCUT2D eigenvalue weighted by Gasteiger charge is -2.24. The van der Waals surface area contributed by atoms with Gasteiger partial charge in [0, 0.05) is 37.0 Å². The average molecular weight is 476 g/mol. The number of hydrogen-bond acceptors (Lipinski definition) is 4. The SMILES string of the molecule is Cc1ccc(-n2cc(-c3ccccc3)nc2NC(=O)CN(CCN(C)C)C(=O)CC(C)C)cc1C. The largest absolute Gasteiger partial charge is 0.332 e. The average Bonchev–Trinajstić information content (AvgIpc) is 3.22. The number of rotatable bonds is 10. The summed E-state index contributed by atoms with van der Waals surface area (Å²) in [5.41, 5.74) is 5.00. The number of aromatic nitrogens is 2. The van der Waals surface area contributed by atoms with Crippen molar-refractivity contribution in [2.75, 3.05) is 39.0 Å². The third kappa shape index (κ3) is 7.26. The highest BCUT2D eigenvalue weighted by atomic mass is 16.2. The Balaban J connectivity index is 1.89. The van der Waals surface area contributed by atoms with Gasteiger partial charge < -0.3 is 9.80 Å². The van der Waals surface area contributed by atoms with Crippen molar-refractivity contribution in [3.8, 4) is 16.9 Å². The van der Waals surface area contributed by atoms with Crippen LogP contribution in [0.5, 0.6) is 0 Å². The molecule has 2 aromatic carbocycles. The maximum Gasteiger partial charge on any atom is 0.246 e. The Hall–Kier alpha value is -3.45. The van der Waals surface area contributed by atoms with Gasteiger partial charge in [-0.25, -0.2) is 4.98 Å². The van der Waals surface area contributed by atoms with Gasteiger partial charge >= 0.3 is 0 Å². The summed E-state index contributed by atoms with van der Waals surface area (Å²) < 4.78 is 1.90. The zero-order chi connectivity index (χ0) is 25.5. The molecule has 186 valence electrons. The molecular weight excluding hydrogens is 438 g/mol. The fourth-order valence-corrected chi connectivity index (χ4v) is 3.72. The van der Waals surface area contributed by atoms with Crippen LogP contribution in [0.3, 0.4) is 0 Å². The first-order chi connectivity index (χ1) is 16.6. The molecule has 0 unspecified atom stereocenters. The number of hydrogen-bond donors (Lipinski definition) is 1. The van der Waals surface area contributed by atoms with Crippen molar-refractivity contribution in [1.82, 2.24) is 19.4 Å².